The van der Waals surface area contributed by atoms with Crippen molar-refractivity contribution in [1.82, 2.24) is 14.9 Å². The molecule has 0 saturated carbocycles. The van der Waals surface area contributed by atoms with Crippen molar-refractivity contribution in [2.24, 2.45) is 4.99 Å². The van der Waals surface area contributed by atoms with E-state index < -0.39 is 17.9 Å². The Kier molecular flexibility index (Phi) is 5.54. The monoisotopic (exact) mass is 432 g/mol. The van der Waals surface area contributed by atoms with Crippen LogP contribution in [0.15, 0.2) is 70.4 Å². The molecule has 8 heteroatoms. The van der Waals surface area contributed by atoms with Gasteiger partial charge in [-0.1, -0.05) is 18.2 Å². The molecule has 3 N–H and O–H groups in total. The Morgan fingerprint density at radius 3 is 2.62 bits per heavy atom. The summed E-state index contributed by atoms with van der Waals surface area (Å²) in [6.45, 7) is 5.26. The van der Waals surface area contributed by atoms with Crippen molar-refractivity contribution in [3.05, 3.63) is 82.0 Å². The molecule has 3 aromatic rings. The standard InChI is InChI=1S/C24H24N4O4/c1-24(2,3)32-23(31)28-20(10-9-16-14-25-18-7-5-4-6-17(16)18)27-19(22(28)30)12-15-8-11-21(29)26-13-15/h4-14,22,25,30H,1-3H3,(H,26,29)/b10-9+,19-12-. The minimum atomic E-state index is -1.33. The normalized spacial score (nSPS) is 18.0. The summed E-state index contributed by atoms with van der Waals surface area (Å²) in [5.41, 5.74) is 1.81. The summed E-state index contributed by atoms with van der Waals surface area (Å²) in [6, 6.07) is 10.8. The minimum absolute atomic E-state index is 0.236. The van der Waals surface area contributed by atoms with Crippen molar-refractivity contribution in [3.63, 3.8) is 0 Å². The van der Waals surface area contributed by atoms with Gasteiger partial charge in [0.1, 0.15) is 11.4 Å². The molecule has 1 aromatic carbocycles. The number of aromatic nitrogens is 2. The van der Waals surface area contributed by atoms with E-state index in [1.54, 1.807) is 39.0 Å². The molecule has 32 heavy (non-hydrogen) atoms. The number of carbonyl (C=O) groups is 1. The lowest BCUT2D eigenvalue weighted by Crippen LogP contribution is -2.43. The molecule has 1 aliphatic rings. The van der Waals surface area contributed by atoms with E-state index in [-0.39, 0.29) is 17.1 Å². The number of aromatic amines is 2. The lowest BCUT2D eigenvalue weighted by atomic mass is 10.1. The Morgan fingerprint density at radius 1 is 1.12 bits per heavy atom. The van der Waals surface area contributed by atoms with Gasteiger partial charge in [0, 0.05) is 29.4 Å². The third kappa shape index (κ3) is 4.55. The number of hydrogen-bond donors (Lipinski definition) is 3. The Labute approximate surface area is 184 Å². The van der Waals surface area contributed by atoms with E-state index in [1.165, 1.54) is 12.3 Å². The van der Waals surface area contributed by atoms with Gasteiger partial charge in [-0.2, -0.15) is 0 Å². The van der Waals surface area contributed by atoms with Gasteiger partial charge in [-0.3, -0.25) is 4.79 Å². The second kappa shape index (κ2) is 8.32. The predicted octanol–water partition coefficient (Wildman–Crippen LogP) is 3.88. The Hall–Kier alpha value is -3.91. The van der Waals surface area contributed by atoms with Gasteiger partial charge in [-0.25, -0.2) is 14.7 Å². The maximum absolute atomic E-state index is 12.8. The topological polar surface area (TPSA) is 111 Å². The highest BCUT2D eigenvalue weighted by Crippen LogP contribution is 2.26. The number of para-hydroxylation sites is 1. The lowest BCUT2D eigenvalue weighted by Gasteiger charge is -2.26. The summed E-state index contributed by atoms with van der Waals surface area (Å²) in [6.07, 6.45) is 6.42. The molecule has 1 aliphatic heterocycles. The van der Waals surface area contributed by atoms with Gasteiger partial charge >= 0.3 is 6.09 Å². The maximum Gasteiger partial charge on any atom is 0.418 e. The van der Waals surface area contributed by atoms with Gasteiger partial charge in [-0.05, 0) is 62.3 Å². The Morgan fingerprint density at radius 2 is 1.91 bits per heavy atom. The number of aliphatic hydroxyl groups excluding tert-OH is 1. The SMILES string of the molecule is CC(C)(C)OC(=O)N1C(/C=C/c2c[nH]c3ccccc23)=NC(=C\c2ccc(=O)[nH]c2)/C1O. The number of fused-ring (bicyclic) bond motifs is 1. The zero-order chi connectivity index (χ0) is 22.9. The summed E-state index contributed by atoms with van der Waals surface area (Å²) in [7, 11) is 0. The summed E-state index contributed by atoms with van der Waals surface area (Å²) < 4.78 is 5.48. The molecule has 0 bridgehead atoms. The van der Waals surface area contributed by atoms with Crippen LogP contribution in [0, 0.1) is 0 Å². The number of nitrogens with zero attached hydrogens (tertiary/aromatic N) is 2. The first-order valence-corrected chi connectivity index (χ1v) is 10.1. The van der Waals surface area contributed by atoms with Crippen LogP contribution >= 0.6 is 0 Å². The number of nitrogens with one attached hydrogen (secondary N) is 2. The third-order valence-corrected chi connectivity index (χ3v) is 4.75. The van der Waals surface area contributed by atoms with E-state index in [0.29, 0.717) is 5.56 Å². The third-order valence-electron chi connectivity index (χ3n) is 4.75. The number of hydrogen-bond acceptors (Lipinski definition) is 5. The van der Waals surface area contributed by atoms with Crippen molar-refractivity contribution >= 4 is 35.0 Å². The average molecular weight is 432 g/mol. The molecule has 1 atom stereocenters. The number of pyridine rings is 1. The van der Waals surface area contributed by atoms with Gasteiger partial charge in [0.2, 0.25) is 5.56 Å². The van der Waals surface area contributed by atoms with Crippen LogP contribution in [0.25, 0.3) is 23.1 Å². The van der Waals surface area contributed by atoms with Gasteiger partial charge in [-0.15, -0.1) is 0 Å². The van der Waals surface area contributed by atoms with Crippen LogP contribution in [-0.2, 0) is 4.74 Å². The highest BCUT2D eigenvalue weighted by atomic mass is 16.6. The lowest BCUT2D eigenvalue weighted by molar-refractivity contribution is 0.0113. The largest absolute Gasteiger partial charge is 0.443 e. The van der Waals surface area contributed by atoms with Crippen LogP contribution < -0.4 is 5.56 Å². The second-order valence-electron chi connectivity index (χ2n) is 8.37. The second-order valence-corrected chi connectivity index (χ2v) is 8.37. The zero-order valence-corrected chi connectivity index (χ0v) is 18.0. The first kappa shape index (κ1) is 21.3. The molecular weight excluding hydrogens is 408 g/mol. The number of rotatable bonds is 3. The van der Waals surface area contributed by atoms with Crippen molar-refractivity contribution < 1.29 is 14.6 Å². The number of amides is 1. The summed E-state index contributed by atoms with van der Waals surface area (Å²) in [5.74, 6) is 0.243. The highest BCUT2D eigenvalue weighted by molar-refractivity contribution is 6.08. The van der Waals surface area contributed by atoms with Gasteiger partial charge in [0.25, 0.3) is 0 Å². The van der Waals surface area contributed by atoms with E-state index in [9.17, 15) is 14.7 Å². The number of aliphatic hydroxyl groups is 1. The van der Waals surface area contributed by atoms with Crippen LogP contribution in [0.2, 0.25) is 0 Å². The van der Waals surface area contributed by atoms with E-state index >= 15 is 0 Å². The molecular formula is C24H24N4O4. The van der Waals surface area contributed by atoms with E-state index in [2.05, 4.69) is 15.0 Å². The number of amidine groups is 1. The minimum Gasteiger partial charge on any atom is -0.443 e. The summed E-state index contributed by atoms with van der Waals surface area (Å²) in [4.78, 5) is 35.5. The fourth-order valence-electron chi connectivity index (χ4n) is 3.31. The fraction of sp³-hybridized carbons (Fsp3) is 0.208. The van der Waals surface area contributed by atoms with Crippen LogP contribution in [0.3, 0.4) is 0 Å². The van der Waals surface area contributed by atoms with Crippen LogP contribution in [0.4, 0.5) is 4.79 Å². The molecule has 1 amide bonds. The smallest absolute Gasteiger partial charge is 0.418 e. The maximum atomic E-state index is 12.8. The number of aliphatic imine (C=N–C) groups is 1. The average Bonchev–Trinajstić information content (AvgIpc) is 3.28. The number of H-pyrrole nitrogens is 2. The molecule has 0 saturated heterocycles. The zero-order valence-electron chi connectivity index (χ0n) is 18.0. The fourth-order valence-corrected chi connectivity index (χ4v) is 3.31. The molecule has 164 valence electrons. The molecule has 0 aliphatic carbocycles. The van der Waals surface area contributed by atoms with Crippen LogP contribution in [0.1, 0.15) is 31.9 Å². The van der Waals surface area contributed by atoms with Gasteiger partial charge < -0.3 is 19.8 Å². The highest BCUT2D eigenvalue weighted by Gasteiger charge is 2.37. The Bertz CT molecular complexity index is 1290. The van der Waals surface area contributed by atoms with E-state index in [1.807, 2.05) is 36.5 Å². The molecule has 0 fully saturated rings. The quantitative estimate of drug-likeness (QED) is 0.583. The van der Waals surface area contributed by atoms with Crippen LogP contribution in [-0.4, -0.2) is 43.7 Å². The molecule has 0 spiro atoms. The molecule has 1 unspecified atom stereocenters. The van der Waals surface area contributed by atoms with Crippen molar-refractivity contribution in [2.45, 2.75) is 32.6 Å². The number of ether oxygens (including phenoxy) is 1. The number of carbonyl (C=O) groups excluding carboxylic acids is 1. The first-order chi connectivity index (χ1) is 15.2. The summed E-state index contributed by atoms with van der Waals surface area (Å²) in [5, 5.41) is 11.9. The molecule has 4 rings (SSSR count). The Balaban J connectivity index is 1.71. The van der Waals surface area contributed by atoms with Crippen molar-refractivity contribution in [1.29, 1.82) is 0 Å². The van der Waals surface area contributed by atoms with Crippen molar-refractivity contribution in [2.75, 3.05) is 0 Å². The van der Waals surface area contributed by atoms with Crippen LogP contribution in [0.5, 0.6) is 0 Å². The summed E-state index contributed by atoms with van der Waals surface area (Å²) >= 11 is 0. The van der Waals surface area contributed by atoms with E-state index in [4.69, 9.17) is 4.74 Å². The van der Waals surface area contributed by atoms with E-state index in [0.717, 1.165) is 21.4 Å². The molecule has 8 nitrogen and oxygen atoms in total. The number of benzene rings is 1. The van der Waals surface area contributed by atoms with Gasteiger partial charge in [0.05, 0.1) is 5.70 Å². The molecule has 2 aromatic heterocycles. The van der Waals surface area contributed by atoms with Gasteiger partial charge in [0.15, 0.2) is 6.23 Å². The molecule has 0 radical (unpaired) electrons. The predicted molar refractivity (Wildman–Crippen MR) is 124 cm³/mol. The first-order valence-electron chi connectivity index (χ1n) is 10.1. The van der Waals surface area contributed by atoms with Crippen molar-refractivity contribution in [3.8, 4) is 0 Å². The molecule has 3 heterocycles.